The fourth-order valence-corrected chi connectivity index (χ4v) is 2.92. The van der Waals surface area contributed by atoms with Gasteiger partial charge >= 0.3 is 0 Å². The van der Waals surface area contributed by atoms with Crippen LogP contribution in [0.25, 0.3) is 0 Å². The molecule has 3 nitrogen and oxygen atoms in total. The summed E-state index contributed by atoms with van der Waals surface area (Å²) in [5.41, 5.74) is 1.13. The smallest absolute Gasteiger partial charge is 0.147 e. The normalized spacial score (nSPS) is 12.7. The van der Waals surface area contributed by atoms with Gasteiger partial charge in [-0.2, -0.15) is 11.8 Å². The summed E-state index contributed by atoms with van der Waals surface area (Å²) >= 11 is 8.28. The zero-order valence-corrected chi connectivity index (χ0v) is 15.4. The molecule has 1 aromatic rings. The van der Waals surface area contributed by atoms with Crippen molar-refractivity contribution in [3.05, 3.63) is 22.8 Å². The first-order chi connectivity index (χ1) is 9.95. The van der Waals surface area contributed by atoms with Crippen LogP contribution in [0.1, 0.15) is 32.8 Å². The van der Waals surface area contributed by atoms with Crippen molar-refractivity contribution in [1.82, 2.24) is 10.3 Å². The molecular weight excluding hydrogens is 302 g/mol. The van der Waals surface area contributed by atoms with E-state index >= 15 is 0 Å². The summed E-state index contributed by atoms with van der Waals surface area (Å²) in [6.07, 6.45) is 5.19. The van der Waals surface area contributed by atoms with E-state index in [2.05, 4.69) is 49.3 Å². The van der Waals surface area contributed by atoms with E-state index in [0.717, 1.165) is 41.7 Å². The minimum absolute atomic E-state index is 0.437. The van der Waals surface area contributed by atoms with Gasteiger partial charge in [0.2, 0.25) is 0 Å². The van der Waals surface area contributed by atoms with Crippen LogP contribution in [0, 0.1) is 5.92 Å². The molecule has 0 radical (unpaired) electrons. The zero-order chi connectivity index (χ0) is 15.8. The first kappa shape index (κ1) is 18.6. The Morgan fingerprint density at radius 2 is 2.10 bits per heavy atom. The maximum absolute atomic E-state index is 6.41. The van der Waals surface area contributed by atoms with E-state index in [1.165, 1.54) is 0 Å². The molecule has 0 amide bonds. The van der Waals surface area contributed by atoms with Crippen molar-refractivity contribution < 1.29 is 0 Å². The maximum atomic E-state index is 6.41. The fraction of sp³-hybridized carbons (Fsp3) is 0.688. The highest BCUT2D eigenvalue weighted by atomic mass is 35.5. The number of hydrogen-bond donors (Lipinski definition) is 1. The quantitative estimate of drug-likeness (QED) is 0.739. The fourth-order valence-electron chi connectivity index (χ4n) is 2.02. The van der Waals surface area contributed by atoms with Gasteiger partial charge in [0.1, 0.15) is 5.82 Å². The van der Waals surface area contributed by atoms with Crippen LogP contribution in [0.3, 0.4) is 0 Å². The maximum Gasteiger partial charge on any atom is 0.147 e. The molecule has 0 aromatic carbocycles. The van der Waals surface area contributed by atoms with Crippen LogP contribution in [0.15, 0.2) is 12.3 Å². The molecule has 0 aliphatic heterocycles. The Morgan fingerprint density at radius 3 is 2.67 bits per heavy atom. The van der Waals surface area contributed by atoms with Crippen molar-refractivity contribution in [2.45, 2.75) is 39.8 Å². The number of hydrogen-bond acceptors (Lipinski definition) is 4. The van der Waals surface area contributed by atoms with Crippen molar-refractivity contribution in [2.75, 3.05) is 30.5 Å². The van der Waals surface area contributed by atoms with Crippen molar-refractivity contribution in [2.24, 2.45) is 5.92 Å². The van der Waals surface area contributed by atoms with Crippen LogP contribution >= 0.6 is 23.4 Å². The summed E-state index contributed by atoms with van der Waals surface area (Å²) in [5, 5.41) is 4.15. The summed E-state index contributed by atoms with van der Waals surface area (Å²) in [4.78, 5) is 6.72. The van der Waals surface area contributed by atoms with Crippen LogP contribution in [0.4, 0.5) is 5.82 Å². The largest absolute Gasteiger partial charge is 0.356 e. The molecule has 120 valence electrons. The number of pyridine rings is 1. The summed E-state index contributed by atoms with van der Waals surface area (Å²) < 4.78 is 0. The molecule has 1 atom stereocenters. The lowest BCUT2D eigenvalue weighted by atomic mass is 10.2. The molecule has 1 aromatic heterocycles. The van der Waals surface area contributed by atoms with Gasteiger partial charge in [-0.15, -0.1) is 0 Å². The Bertz CT molecular complexity index is 426. The molecule has 1 heterocycles. The molecule has 0 aliphatic carbocycles. The molecule has 0 saturated carbocycles. The van der Waals surface area contributed by atoms with Gasteiger partial charge in [-0.25, -0.2) is 4.98 Å². The summed E-state index contributed by atoms with van der Waals surface area (Å²) in [6.45, 7) is 8.44. The van der Waals surface area contributed by atoms with E-state index < -0.39 is 0 Å². The number of nitrogens with zero attached hydrogens (tertiary/aromatic N) is 2. The average molecular weight is 330 g/mol. The summed E-state index contributed by atoms with van der Waals surface area (Å²) in [7, 11) is 2.07. The van der Waals surface area contributed by atoms with Crippen molar-refractivity contribution >= 4 is 29.2 Å². The SMILES string of the molecule is CSCCC(C)N(C)c1ncc(CNCC(C)C)cc1Cl. The molecule has 1 unspecified atom stereocenters. The predicted molar refractivity (Wildman–Crippen MR) is 96.7 cm³/mol. The second-order valence-corrected chi connectivity index (χ2v) is 7.31. The van der Waals surface area contributed by atoms with E-state index in [0.29, 0.717) is 12.0 Å². The Kier molecular flexibility index (Phi) is 8.45. The van der Waals surface area contributed by atoms with Gasteiger partial charge in [0.15, 0.2) is 0 Å². The van der Waals surface area contributed by atoms with Crippen LogP contribution in [-0.4, -0.2) is 36.6 Å². The third kappa shape index (κ3) is 6.45. The first-order valence-corrected chi connectivity index (χ1v) is 9.29. The molecule has 0 saturated heterocycles. The van der Waals surface area contributed by atoms with Gasteiger partial charge in [-0.3, -0.25) is 0 Å². The van der Waals surface area contributed by atoms with Crippen molar-refractivity contribution in [3.8, 4) is 0 Å². The van der Waals surface area contributed by atoms with E-state index in [1.807, 2.05) is 24.0 Å². The summed E-state index contributed by atoms with van der Waals surface area (Å²) in [5.74, 6) is 2.68. The van der Waals surface area contributed by atoms with Gasteiger partial charge in [-0.05, 0) is 49.4 Å². The van der Waals surface area contributed by atoms with Gasteiger partial charge in [0.05, 0.1) is 5.02 Å². The van der Waals surface area contributed by atoms with Crippen LogP contribution in [-0.2, 0) is 6.54 Å². The number of anilines is 1. The molecule has 5 heteroatoms. The molecular formula is C16H28ClN3S. The van der Waals surface area contributed by atoms with Crippen LogP contribution < -0.4 is 10.2 Å². The van der Waals surface area contributed by atoms with Gasteiger partial charge in [-0.1, -0.05) is 25.4 Å². The number of rotatable bonds is 9. The van der Waals surface area contributed by atoms with E-state index in [9.17, 15) is 0 Å². The minimum atomic E-state index is 0.437. The monoisotopic (exact) mass is 329 g/mol. The van der Waals surface area contributed by atoms with E-state index in [-0.39, 0.29) is 0 Å². The molecule has 0 spiro atoms. The van der Waals surface area contributed by atoms with Crippen molar-refractivity contribution in [1.29, 1.82) is 0 Å². The second kappa shape index (κ2) is 9.54. The van der Waals surface area contributed by atoms with Gasteiger partial charge in [0.25, 0.3) is 0 Å². The van der Waals surface area contributed by atoms with Crippen molar-refractivity contribution in [3.63, 3.8) is 0 Å². The molecule has 1 rings (SSSR count). The molecule has 0 bridgehead atoms. The van der Waals surface area contributed by atoms with Crippen LogP contribution in [0.2, 0.25) is 5.02 Å². The third-order valence-corrected chi connectivity index (χ3v) is 4.42. The standard InChI is InChI=1S/C16H28ClN3S/c1-12(2)9-18-10-14-8-15(17)16(19-11-14)20(4)13(3)6-7-21-5/h8,11-13,18H,6-7,9-10H2,1-5H3. The Hall–Kier alpha value is -0.450. The van der Waals surface area contributed by atoms with E-state index in [1.54, 1.807) is 0 Å². The number of thioether (sulfide) groups is 1. The first-order valence-electron chi connectivity index (χ1n) is 7.52. The minimum Gasteiger partial charge on any atom is -0.356 e. The number of nitrogens with one attached hydrogen (secondary N) is 1. The van der Waals surface area contributed by atoms with Gasteiger partial charge < -0.3 is 10.2 Å². The highest BCUT2D eigenvalue weighted by molar-refractivity contribution is 7.98. The number of aromatic nitrogens is 1. The Morgan fingerprint density at radius 1 is 1.38 bits per heavy atom. The van der Waals surface area contributed by atoms with Crippen LogP contribution in [0.5, 0.6) is 0 Å². The average Bonchev–Trinajstić information content (AvgIpc) is 2.43. The second-order valence-electron chi connectivity index (χ2n) is 5.92. The molecule has 21 heavy (non-hydrogen) atoms. The Labute approximate surface area is 138 Å². The highest BCUT2D eigenvalue weighted by Crippen LogP contribution is 2.25. The predicted octanol–water partition coefficient (Wildman–Crippen LogP) is 4.06. The molecule has 0 fully saturated rings. The lowest BCUT2D eigenvalue weighted by Crippen LogP contribution is -2.30. The third-order valence-electron chi connectivity index (χ3n) is 3.50. The lowest BCUT2D eigenvalue weighted by Gasteiger charge is -2.26. The molecule has 0 aliphatic rings. The topological polar surface area (TPSA) is 28.2 Å². The lowest BCUT2D eigenvalue weighted by molar-refractivity contribution is 0.552. The Balaban J connectivity index is 2.64. The summed E-state index contributed by atoms with van der Waals surface area (Å²) in [6, 6.07) is 2.46. The molecule has 1 N–H and O–H groups in total. The zero-order valence-electron chi connectivity index (χ0n) is 13.8. The van der Waals surface area contributed by atoms with E-state index in [4.69, 9.17) is 11.6 Å². The highest BCUT2D eigenvalue weighted by Gasteiger charge is 2.14. The van der Waals surface area contributed by atoms with Gasteiger partial charge in [0, 0.05) is 25.8 Å². The number of halogens is 1.